The molecule has 4 aromatic rings. The van der Waals surface area contributed by atoms with E-state index in [2.05, 4.69) is 15.1 Å². The molecule has 0 aliphatic rings. The lowest BCUT2D eigenvalue weighted by Gasteiger charge is -2.10. The van der Waals surface area contributed by atoms with Crippen molar-refractivity contribution in [3.05, 3.63) is 59.1 Å². The molecule has 0 N–H and O–H groups in total. The van der Waals surface area contributed by atoms with Gasteiger partial charge in [0, 0.05) is 51.5 Å². The maximum atomic E-state index is 12.9. The molecule has 1 amide bonds. The number of amides is 1. The minimum Gasteiger partial charge on any atom is -0.345 e. The summed E-state index contributed by atoms with van der Waals surface area (Å²) < 4.78 is 3.35. The van der Waals surface area contributed by atoms with Crippen LogP contribution in [0.3, 0.4) is 0 Å². The quantitative estimate of drug-likeness (QED) is 0.485. The van der Waals surface area contributed by atoms with Gasteiger partial charge in [0.15, 0.2) is 5.78 Å². The maximum absolute atomic E-state index is 12.9. The van der Waals surface area contributed by atoms with Crippen molar-refractivity contribution < 1.29 is 9.59 Å². The Labute approximate surface area is 165 Å². The molecular weight excluding hydrogens is 376 g/mol. The van der Waals surface area contributed by atoms with Crippen molar-refractivity contribution in [1.29, 1.82) is 0 Å². The molecule has 4 rings (SSSR count). The van der Waals surface area contributed by atoms with E-state index in [4.69, 9.17) is 0 Å². The Hall–Kier alpha value is -3.33. The number of pyridine rings is 1. The van der Waals surface area contributed by atoms with Crippen LogP contribution in [0.2, 0.25) is 0 Å². The summed E-state index contributed by atoms with van der Waals surface area (Å²) in [5, 5.41) is 6.85. The summed E-state index contributed by atoms with van der Waals surface area (Å²) in [5.41, 5.74) is 2.98. The number of carbonyl (C=O) groups is 2. The van der Waals surface area contributed by atoms with E-state index in [1.807, 2.05) is 34.3 Å². The maximum Gasteiger partial charge on any atom is 0.257 e. The molecule has 0 unspecified atom stereocenters. The van der Waals surface area contributed by atoms with Crippen molar-refractivity contribution in [2.75, 3.05) is 14.1 Å². The van der Waals surface area contributed by atoms with Crippen LogP contribution in [-0.2, 0) is 13.5 Å². The van der Waals surface area contributed by atoms with E-state index in [9.17, 15) is 9.59 Å². The molecule has 0 fully saturated rings. The van der Waals surface area contributed by atoms with Gasteiger partial charge in [-0.3, -0.25) is 14.3 Å². The SMILES string of the molecule is CN(C)C(=O)c1cnn(C)c1C(=O)Cc1ccn2cc(-c3nccs3)nc2c1. The third-order valence-electron chi connectivity index (χ3n) is 4.38. The number of fused-ring (bicyclic) bond motifs is 1. The lowest BCUT2D eigenvalue weighted by Crippen LogP contribution is -2.24. The number of hydrogen-bond donors (Lipinski definition) is 0. The average Bonchev–Trinajstić information content (AvgIpc) is 3.39. The zero-order valence-corrected chi connectivity index (χ0v) is 16.5. The Bertz CT molecular complexity index is 1170. The smallest absolute Gasteiger partial charge is 0.257 e. The summed E-state index contributed by atoms with van der Waals surface area (Å²) in [6, 6.07) is 3.75. The largest absolute Gasteiger partial charge is 0.345 e. The van der Waals surface area contributed by atoms with Gasteiger partial charge in [-0.15, -0.1) is 11.3 Å². The zero-order valence-electron chi connectivity index (χ0n) is 15.7. The molecule has 0 saturated carbocycles. The van der Waals surface area contributed by atoms with Crippen LogP contribution < -0.4 is 0 Å². The number of thiazole rings is 1. The highest BCUT2D eigenvalue weighted by Gasteiger charge is 2.23. The number of rotatable bonds is 5. The van der Waals surface area contributed by atoms with E-state index in [0.29, 0.717) is 11.3 Å². The molecule has 0 aliphatic carbocycles. The molecule has 0 spiro atoms. The normalized spacial score (nSPS) is 11.1. The molecule has 0 saturated heterocycles. The Morgan fingerprint density at radius 3 is 2.82 bits per heavy atom. The molecule has 4 heterocycles. The van der Waals surface area contributed by atoms with Gasteiger partial charge in [-0.25, -0.2) is 9.97 Å². The molecule has 0 aliphatic heterocycles. The lowest BCUT2D eigenvalue weighted by atomic mass is 10.0. The first-order valence-electron chi connectivity index (χ1n) is 8.58. The predicted molar refractivity (Wildman–Crippen MR) is 106 cm³/mol. The van der Waals surface area contributed by atoms with Crippen molar-refractivity contribution in [3.8, 4) is 10.7 Å². The van der Waals surface area contributed by atoms with Gasteiger partial charge in [-0.2, -0.15) is 5.10 Å². The summed E-state index contributed by atoms with van der Waals surface area (Å²) >= 11 is 1.53. The number of Topliss-reactive ketones (excluding diaryl/α,β-unsaturated/α-hetero) is 1. The van der Waals surface area contributed by atoms with Gasteiger partial charge in [0.25, 0.3) is 5.91 Å². The highest BCUT2D eigenvalue weighted by Crippen LogP contribution is 2.22. The highest BCUT2D eigenvalue weighted by molar-refractivity contribution is 7.13. The van der Waals surface area contributed by atoms with Gasteiger partial charge < -0.3 is 9.30 Å². The number of carbonyl (C=O) groups excluding carboxylic acids is 2. The summed E-state index contributed by atoms with van der Waals surface area (Å²) in [6.07, 6.45) is 7.12. The van der Waals surface area contributed by atoms with E-state index in [-0.39, 0.29) is 18.1 Å². The molecule has 4 aromatic heterocycles. The predicted octanol–water partition coefficient (Wildman–Crippen LogP) is 2.32. The number of aromatic nitrogens is 5. The first-order valence-corrected chi connectivity index (χ1v) is 9.46. The topological polar surface area (TPSA) is 85.4 Å². The monoisotopic (exact) mass is 394 g/mol. The van der Waals surface area contributed by atoms with Gasteiger partial charge >= 0.3 is 0 Å². The van der Waals surface area contributed by atoms with E-state index in [1.54, 1.807) is 27.3 Å². The fourth-order valence-electron chi connectivity index (χ4n) is 3.02. The fraction of sp³-hybridized carbons (Fsp3) is 0.211. The molecular formula is C19H18N6O2S. The van der Waals surface area contributed by atoms with Crippen LogP contribution in [0.1, 0.15) is 26.4 Å². The van der Waals surface area contributed by atoms with E-state index in [0.717, 1.165) is 21.9 Å². The minimum absolute atomic E-state index is 0.156. The van der Waals surface area contributed by atoms with E-state index >= 15 is 0 Å². The Morgan fingerprint density at radius 2 is 2.11 bits per heavy atom. The van der Waals surface area contributed by atoms with Crippen molar-refractivity contribution >= 4 is 28.7 Å². The van der Waals surface area contributed by atoms with Crippen molar-refractivity contribution in [2.45, 2.75) is 6.42 Å². The summed E-state index contributed by atoms with van der Waals surface area (Å²) in [6.45, 7) is 0. The molecule has 0 bridgehead atoms. The third-order valence-corrected chi connectivity index (χ3v) is 5.18. The summed E-state index contributed by atoms with van der Waals surface area (Å²) in [4.78, 5) is 35.5. The summed E-state index contributed by atoms with van der Waals surface area (Å²) in [5.74, 6) is -0.408. The summed E-state index contributed by atoms with van der Waals surface area (Å²) in [7, 11) is 4.96. The fourth-order valence-corrected chi connectivity index (χ4v) is 3.61. The molecule has 0 aromatic carbocycles. The second kappa shape index (κ2) is 7.01. The molecule has 9 heteroatoms. The average molecular weight is 394 g/mol. The van der Waals surface area contributed by atoms with Crippen molar-refractivity contribution in [3.63, 3.8) is 0 Å². The Morgan fingerprint density at radius 1 is 1.29 bits per heavy atom. The van der Waals surface area contributed by atoms with Gasteiger partial charge in [-0.1, -0.05) is 0 Å². The van der Waals surface area contributed by atoms with Crippen LogP contribution in [0, 0.1) is 0 Å². The number of aryl methyl sites for hydroxylation is 1. The van der Waals surface area contributed by atoms with E-state index < -0.39 is 0 Å². The second-order valence-electron chi connectivity index (χ2n) is 6.59. The Kier molecular flexibility index (Phi) is 4.52. The van der Waals surface area contributed by atoms with Crippen molar-refractivity contribution in [1.82, 2.24) is 29.0 Å². The van der Waals surface area contributed by atoms with Crippen LogP contribution in [0.5, 0.6) is 0 Å². The van der Waals surface area contributed by atoms with E-state index in [1.165, 1.54) is 27.1 Å². The molecule has 0 atom stereocenters. The first-order chi connectivity index (χ1) is 13.4. The first kappa shape index (κ1) is 18.1. The van der Waals surface area contributed by atoms with Crippen molar-refractivity contribution in [2.24, 2.45) is 7.05 Å². The molecule has 28 heavy (non-hydrogen) atoms. The van der Waals surface area contributed by atoms with Gasteiger partial charge in [0.1, 0.15) is 22.0 Å². The second-order valence-corrected chi connectivity index (χ2v) is 7.49. The van der Waals surface area contributed by atoms with Crippen LogP contribution in [0.25, 0.3) is 16.3 Å². The van der Waals surface area contributed by atoms with Gasteiger partial charge in [-0.05, 0) is 17.7 Å². The Balaban J connectivity index is 1.63. The lowest BCUT2D eigenvalue weighted by molar-refractivity contribution is 0.0819. The zero-order chi connectivity index (χ0) is 19.8. The third kappa shape index (κ3) is 3.20. The molecule has 142 valence electrons. The number of hydrogen-bond acceptors (Lipinski definition) is 6. The van der Waals surface area contributed by atoms with Crippen LogP contribution in [0.4, 0.5) is 0 Å². The standard InChI is InChI=1S/C19H18N6O2S/c1-23(2)19(27)13-10-21-24(3)17(13)15(26)8-12-4-6-25-11-14(22-16(25)9-12)18-20-5-7-28-18/h4-7,9-11H,8H2,1-3H3. The highest BCUT2D eigenvalue weighted by atomic mass is 32.1. The van der Waals surface area contributed by atoms with Crippen LogP contribution >= 0.6 is 11.3 Å². The van der Waals surface area contributed by atoms with Gasteiger partial charge in [0.2, 0.25) is 0 Å². The number of ketones is 1. The van der Waals surface area contributed by atoms with Crippen LogP contribution in [0.15, 0.2) is 42.3 Å². The van der Waals surface area contributed by atoms with Crippen LogP contribution in [-0.4, -0.2) is 54.8 Å². The molecule has 0 radical (unpaired) electrons. The number of imidazole rings is 1. The molecule has 8 nitrogen and oxygen atoms in total. The number of nitrogens with zero attached hydrogens (tertiary/aromatic N) is 6. The minimum atomic E-state index is -0.242. The van der Waals surface area contributed by atoms with Gasteiger partial charge in [0.05, 0.1) is 11.8 Å².